The summed E-state index contributed by atoms with van der Waals surface area (Å²) in [6.07, 6.45) is -0.146. The van der Waals surface area contributed by atoms with Gasteiger partial charge in [-0.15, -0.1) is 0 Å². The number of ether oxygens (including phenoxy) is 1. The van der Waals surface area contributed by atoms with Crippen molar-refractivity contribution in [2.75, 3.05) is 14.2 Å². The van der Waals surface area contributed by atoms with Gasteiger partial charge < -0.3 is 18.2 Å². The van der Waals surface area contributed by atoms with Gasteiger partial charge in [0.05, 0.1) is 0 Å². The Bertz CT molecular complexity index is 750. The lowest BCUT2D eigenvalue weighted by molar-refractivity contribution is 0.267. The second kappa shape index (κ2) is 7.93. The maximum absolute atomic E-state index is 12.2. The van der Waals surface area contributed by atoms with Gasteiger partial charge in [-0.25, -0.2) is 0 Å². The fourth-order valence-electron chi connectivity index (χ4n) is 1.83. The fraction of sp³-hybridized carbons (Fsp3) is 0.267. The second-order valence-corrected chi connectivity index (χ2v) is 7.58. The minimum atomic E-state index is -3.32. The normalized spacial score (nSPS) is 11.4. The van der Waals surface area contributed by atoms with Crippen molar-refractivity contribution in [3.63, 3.8) is 0 Å². The zero-order chi connectivity index (χ0) is 16.9. The molecule has 0 fully saturated rings. The molecule has 1 aromatic carbocycles. The Morgan fingerprint density at radius 1 is 1.17 bits per heavy atom. The van der Waals surface area contributed by atoms with E-state index in [1.54, 1.807) is 0 Å². The third-order valence-electron chi connectivity index (χ3n) is 3.05. The Morgan fingerprint density at radius 3 is 2.39 bits per heavy atom. The largest absolute Gasteiger partial charge is 0.481 e. The summed E-state index contributed by atoms with van der Waals surface area (Å²) in [6.45, 7) is 0.234. The smallest absolute Gasteiger partial charge is 0.337 e. The number of rotatable bonds is 7. The lowest BCUT2D eigenvalue weighted by atomic mass is 10.2. The van der Waals surface area contributed by atoms with Gasteiger partial charge in [0.1, 0.15) is 18.5 Å². The molecule has 2 rings (SSSR count). The van der Waals surface area contributed by atoms with Crippen molar-refractivity contribution in [1.82, 2.24) is 0 Å². The second-order valence-electron chi connectivity index (χ2n) is 4.59. The molecule has 8 heteroatoms. The van der Waals surface area contributed by atoms with E-state index in [1.165, 1.54) is 20.3 Å². The topological polar surface area (TPSA) is 75.0 Å². The highest BCUT2D eigenvalue weighted by atomic mass is 79.9. The average Bonchev–Trinajstić information content (AvgIpc) is 2.55. The monoisotopic (exact) mass is 402 g/mol. The first-order valence-electron chi connectivity index (χ1n) is 6.67. The first-order chi connectivity index (χ1) is 11.0. The van der Waals surface area contributed by atoms with Crippen molar-refractivity contribution in [3.05, 3.63) is 62.6 Å². The highest BCUT2D eigenvalue weighted by Gasteiger charge is 2.24. The van der Waals surface area contributed by atoms with Crippen molar-refractivity contribution in [2.24, 2.45) is 0 Å². The molecular formula is C15H16BrO6P. The van der Waals surface area contributed by atoms with Gasteiger partial charge >= 0.3 is 7.60 Å². The van der Waals surface area contributed by atoms with E-state index < -0.39 is 7.60 Å². The quantitative estimate of drug-likeness (QED) is 0.652. The van der Waals surface area contributed by atoms with Crippen LogP contribution < -0.4 is 10.2 Å². The van der Waals surface area contributed by atoms with E-state index in [1.807, 2.05) is 30.3 Å². The summed E-state index contributed by atoms with van der Waals surface area (Å²) in [4.78, 5) is 12.2. The molecule has 0 atom stereocenters. The Morgan fingerprint density at radius 2 is 1.83 bits per heavy atom. The van der Waals surface area contributed by atoms with Crippen molar-refractivity contribution < 1.29 is 22.8 Å². The maximum Gasteiger partial charge on any atom is 0.337 e. The Hall–Kier alpha value is -1.40. The number of hydrogen-bond donors (Lipinski definition) is 0. The predicted octanol–water partition coefficient (Wildman–Crippen LogP) is 3.97. The van der Waals surface area contributed by atoms with E-state index in [-0.39, 0.29) is 34.4 Å². The SMILES string of the molecule is COP(=O)(Cc1cc(=O)c(OCc2ccccc2)c(Br)o1)OC. The number of hydrogen-bond acceptors (Lipinski definition) is 6. The molecule has 23 heavy (non-hydrogen) atoms. The highest BCUT2D eigenvalue weighted by molar-refractivity contribution is 9.10. The van der Waals surface area contributed by atoms with Crippen LogP contribution in [0.15, 0.2) is 50.3 Å². The molecule has 2 aromatic rings. The van der Waals surface area contributed by atoms with Crippen LogP contribution >= 0.6 is 23.5 Å². The zero-order valence-electron chi connectivity index (χ0n) is 12.7. The molecule has 0 saturated carbocycles. The van der Waals surface area contributed by atoms with Gasteiger partial charge in [-0.3, -0.25) is 9.36 Å². The number of benzene rings is 1. The Kier molecular flexibility index (Phi) is 6.18. The van der Waals surface area contributed by atoms with Crippen LogP contribution in [0.1, 0.15) is 11.3 Å². The molecule has 1 aromatic heterocycles. The predicted molar refractivity (Wildman–Crippen MR) is 88.8 cm³/mol. The van der Waals surface area contributed by atoms with E-state index >= 15 is 0 Å². The van der Waals surface area contributed by atoms with E-state index in [0.29, 0.717) is 0 Å². The summed E-state index contributed by atoms with van der Waals surface area (Å²) in [5, 5.41) is 0. The van der Waals surface area contributed by atoms with Crippen LogP contribution in [-0.2, 0) is 26.4 Å². The molecule has 0 aliphatic carbocycles. The van der Waals surface area contributed by atoms with Crippen molar-refractivity contribution in [1.29, 1.82) is 0 Å². The molecule has 0 radical (unpaired) electrons. The molecule has 0 bridgehead atoms. The summed E-state index contributed by atoms with van der Waals surface area (Å²) >= 11 is 3.16. The molecule has 1 heterocycles. The van der Waals surface area contributed by atoms with Crippen LogP contribution in [-0.4, -0.2) is 14.2 Å². The van der Waals surface area contributed by atoms with Gasteiger partial charge in [0.2, 0.25) is 15.8 Å². The molecule has 6 nitrogen and oxygen atoms in total. The van der Waals surface area contributed by atoms with E-state index in [2.05, 4.69) is 15.9 Å². The molecule has 0 aliphatic rings. The van der Waals surface area contributed by atoms with Crippen molar-refractivity contribution in [3.8, 4) is 5.75 Å². The molecular weight excluding hydrogens is 387 g/mol. The molecule has 0 aliphatic heterocycles. The molecule has 124 valence electrons. The van der Waals surface area contributed by atoms with Crippen LogP contribution in [0, 0.1) is 0 Å². The third kappa shape index (κ3) is 4.78. The minimum Gasteiger partial charge on any atom is -0.481 e. The van der Waals surface area contributed by atoms with Gasteiger partial charge in [0.25, 0.3) is 0 Å². The highest BCUT2D eigenvalue weighted by Crippen LogP contribution is 2.49. The summed E-state index contributed by atoms with van der Waals surface area (Å²) in [7, 11) is -0.770. The van der Waals surface area contributed by atoms with E-state index in [9.17, 15) is 9.36 Å². The summed E-state index contributed by atoms with van der Waals surface area (Å²) in [6, 6.07) is 10.6. The van der Waals surface area contributed by atoms with E-state index in [4.69, 9.17) is 18.2 Å². The average molecular weight is 403 g/mol. The van der Waals surface area contributed by atoms with Crippen LogP contribution in [0.3, 0.4) is 0 Å². The van der Waals surface area contributed by atoms with Crippen LogP contribution in [0.4, 0.5) is 0 Å². The van der Waals surface area contributed by atoms with Crippen molar-refractivity contribution in [2.45, 2.75) is 12.8 Å². The van der Waals surface area contributed by atoms with Gasteiger partial charge in [-0.2, -0.15) is 0 Å². The van der Waals surface area contributed by atoms with Crippen molar-refractivity contribution >= 4 is 23.5 Å². The summed E-state index contributed by atoms with van der Waals surface area (Å²) in [5.41, 5.74) is 0.541. The molecule has 0 unspecified atom stereocenters. The first-order valence-corrected chi connectivity index (χ1v) is 9.19. The van der Waals surface area contributed by atoms with Gasteiger partial charge in [0, 0.05) is 20.3 Å². The lowest BCUT2D eigenvalue weighted by Gasteiger charge is -2.13. The van der Waals surface area contributed by atoms with Gasteiger partial charge in [0.15, 0.2) is 0 Å². The molecule has 0 saturated heterocycles. The Balaban J connectivity index is 2.17. The maximum atomic E-state index is 12.2. The minimum absolute atomic E-state index is 0.0577. The lowest BCUT2D eigenvalue weighted by Crippen LogP contribution is -2.09. The molecule has 0 amide bonds. The first kappa shape index (κ1) is 17.9. The fourth-order valence-corrected chi connectivity index (χ4v) is 3.29. The van der Waals surface area contributed by atoms with Gasteiger partial charge in [-0.1, -0.05) is 30.3 Å². The molecule has 0 N–H and O–H groups in total. The summed E-state index contributed by atoms with van der Waals surface area (Å²) in [5.74, 6) is 0.239. The third-order valence-corrected chi connectivity index (χ3v) is 5.38. The standard InChI is InChI=1S/C15H16BrO6P/c1-19-23(18,20-2)10-12-8-13(17)14(15(16)22-12)21-9-11-6-4-3-5-7-11/h3-8H,9-10H2,1-2H3. The Labute approximate surface area is 142 Å². The molecule has 0 spiro atoms. The van der Waals surface area contributed by atoms with Gasteiger partial charge in [-0.05, 0) is 21.5 Å². The number of halogens is 1. The van der Waals surface area contributed by atoms with Crippen LogP contribution in [0.2, 0.25) is 0 Å². The van der Waals surface area contributed by atoms with E-state index in [0.717, 1.165) is 5.56 Å². The summed E-state index contributed by atoms with van der Waals surface area (Å²) < 4.78 is 32.8. The van der Waals surface area contributed by atoms with Crippen LogP contribution in [0.25, 0.3) is 0 Å². The zero-order valence-corrected chi connectivity index (χ0v) is 15.1. The van der Waals surface area contributed by atoms with Crippen LogP contribution in [0.5, 0.6) is 5.75 Å².